The molecule has 0 fully saturated rings. The number of anilines is 1. The number of nitrogens with zero attached hydrogens (tertiary/aromatic N) is 3. The van der Waals surface area contributed by atoms with E-state index in [9.17, 15) is 4.79 Å². The molecule has 1 aliphatic rings. The Kier molecular flexibility index (Phi) is 4.04. The average Bonchev–Trinajstić information content (AvgIpc) is 2.46. The number of carbonyl (C=O) groups is 1. The molecule has 0 saturated carbocycles. The van der Waals surface area contributed by atoms with Gasteiger partial charge in [0, 0.05) is 37.8 Å². The molecule has 5 heteroatoms. The summed E-state index contributed by atoms with van der Waals surface area (Å²) in [4.78, 5) is 15.8. The smallest absolute Gasteiger partial charge is 0.241 e. The highest BCUT2D eigenvalue weighted by Gasteiger charge is 2.23. The van der Waals surface area contributed by atoms with Crippen LogP contribution in [0.3, 0.4) is 0 Å². The Bertz CT molecular complexity index is 499. The molecule has 0 aromatic heterocycles. The Labute approximate surface area is 113 Å². The van der Waals surface area contributed by atoms with Crippen molar-refractivity contribution in [1.29, 1.82) is 0 Å². The lowest BCUT2D eigenvalue weighted by atomic mass is 9.99. The first kappa shape index (κ1) is 13.4. The SMILES string of the molecule is CCN(C)C(=O)CN1CCC(=NO)c2ccccc21. The summed E-state index contributed by atoms with van der Waals surface area (Å²) in [6, 6.07) is 7.72. The third-order valence-electron chi connectivity index (χ3n) is 3.52. The van der Waals surface area contributed by atoms with Crippen molar-refractivity contribution in [2.45, 2.75) is 13.3 Å². The van der Waals surface area contributed by atoms with E-state index in [1.54, 1.807) is 11.9 Å². The quantitative estimate of drug-likeness (QED) is 0.663. The lowest BCUT2D eigenvalue weighted by Crippen LogP contribution is -2.41. The molecule has 0 aliphatic carbocycles. The van der Waals surface area contributed by atoms with Gasteiger partial charge in [-0.3, -0.25) is 4.79 Å². The van der Waals surface area contributed by atoms with Crippen molar-refractivity contribution in [2.75, 3.05) is 31.6 Å². The predicted octanol–water partition coefficient (Wildman–Crippen LogP) is 1.55. The Morgan fingerprint density at radius 3 is 2.89 bits per heavy atom. The largest absolute Gasteiger partial charge is 0.411 e. The third-order valence-corrected chi connectivity index (χ3v) is 3.52. The van der Waals surface area contributed by atoms with Gasteiger partial charge < -0.3 is 15.0 Å². The van der Waals surface area contributed by atoms with Gasteiger partial charge in [0.25, 0.3) is 0 Å². The van der Waals surface area contributed by atoms with Crippen molar-refractivity contribution in [2.24, 2.45) is 5.16 Å². The molecule has 5 nitrogen and oxygen atoms in total. The summed E-state index contributed by atoms with van der Waals surface area (Å²) >= 11 is 0. The van der Waals surface area contributed by atoms with Crippen LogP contribution in [0.5, 0.6) is 0 Å². The first-order valence-corrected chi connectivity index (χ1v) is 6.46. The summed E-state index contributed by atoms with van der Waals surface area (Å²) < 4.78 is 0. The fourth-order valence-electron chi connectivity index (χ4n) is 2.22. The summed E-state index contributed by atoms with van der Waals surface area (Å²) in [7, 11) is 1.80. The van der Waals surface area contributed by atoms with Crippen LogP contribution in [0.15, 0.2) is 29.4 Å². The number of amides is 1. The lowest BCUT2D eigenvalue weighted by Gasteiger charge is -2.32. The topological polar surface area (TPSA) is 56.1 Å². The van der Waals surface area contributed by atoms with Crippen LogP contribution >= 0.6 is 0 Å². The number of oxime groups is 1. The number of fused-ring (bicyclic) bond motifs is 1. The Balaban J connectivity index is 2.23. The summed E-state index contributed by atoms with van der Waals surface area (Å²) in [6.45, 7) is 3.72. The molecule has 0 atom stereocenters. The second kappa shape index (κ2) is 5.73. The summed E-state index contributed by atoms with van der Waals surface area (Å²) in [5, 5.41) is 12.4. The number of rotatable bonds is 3. The van der Waals surface area contributed by atoms with Gasteiger partial charge in [0.15, 0.2) is 0 Å². The maximum atomic E-state index is 12.0. The summed E-state index contributed by atoms with van der Waals surface area (Å²) in [5.41, 5.74) is 2.55. The Morgan fingerprint density at radius 2 is 2.21 bits per heavy atom. The monoisotopic (exact) mass is 261 g/mol. The molecule has 1 amide bonds. The third kappa shape index (κ3) is 2.70. The van der Waals surface area contributed by atoms with E-state index in [4.69, 9.17) is 5.21 Å². The minimum absolute atomic E-state index is 0.0988. The van der Waals surface area contributed by atoms with Gasteiger partial charge >= 0.3 is 0 Å². The Hall–Kier alpha value is -2.04. The molecule has 0 unspecified atom stereocenters. The second-order valence-electron chi connectivity index (χ2n) is 4.64. The minimum atomic E-state index is 0.0988. The molecule has 0 bridgehead atoms. The highest BCUT2D eigenvalue weighted by molar-refractivity contribution is 6.07. The van der Waals surface area contributed by atoms with Gasteiger partial charge in [-0.2, -0.15) is 0 Å². The van der Waals surface area contributed by atoms with Crippen LogP contribution in [0.1, 0.15) is 18.9 Å². The molecule has 1 aromatic carbocycles. The van der Waals surface area contributed by atoms with E-state index in [2.05, 4.69) is 5.16 Å². The molecular weight excluding hydrogens is 242 g/mol. The molecular formula is C14H19N3O2. The van der Waals surface area contributed by atoms with E-state index >= 15 is 0 Å². The van der Waals surface area contributed by atoms with Gasteiger partial charge in [-0.15, -0.1) is 0 Å². The molecule has 0 saturated heterocycles. The van der Waals surface area contributed by atoms with E-state index in [0.29, 0.717) is 31.8 Å². The number of hydrogen-bond acceptors (Lipinski definition) is 4. The van der Waals surface area contributed by atoms with Crippen LogP contribution in [0.4, 0.5) is 5.69 Å². The molecule has 1 aromatic rings. The molecule has 1 aliphatic heterocycles. The number of hydrogen-bond donors (Lipinski definition) is 1. The van der Waals surface area contributed by atoms with Crippen LogP contribution in [-0.2, 0) is 4.79 Å². The first-order chi connectivity index (χ1) is 9.17. The van der Waals surface area contributed by atoms with Crippen molar-refractivity contribution in [3.05, 3.63) is 29.8 Å². The van der Waals surface area contributed by atoms with Crippen LogP contribution in [0, 0.1) is 0 Å². The van der Waals surface area contributed by atoms with Gasteiger partial charge in [0.2, 0.25) is 5.91 Å². The highest BCUT2D eigenvalue weighted by Crippen LogP contribution is 2.26. The number of carbonyl (C=O) groups excluding carboxylic acids is 1. The van der Waals surface area contributed by atoms with E-state index < -0.39 is 0 Å². The summed E-state index contributed by atoms with van der Waals surface area (Å²) in [6.07, 6.45) is 0.649. The fourth-order valence-corrected chi connectivity index (χ4v) is 2.22. The van der Waals surface area contributed by atoms with Crippen molar-refractivity contribution in [3.8, 4) is 0 Å². The standard InChI is InChI=1S/C14H19N3O2/c1-3-16(2)14(18)10-17-9-8-12(15-19)11-6-4-5-7-13(11)17/h4-7,19H,3,8-10H2,1-2H3. The molecule has 0 spiro atoms. The highest BCUT2D eigenvalue weighted by atomic mass is 16.4. The lowest BCUT2D eigenvalue weighted by molar-refractivity contribution is -0.128. The molecule has 102 valence electrons. The predicted molar refractivity (Wildman–Crippen MR) is 74.9 cm³/mol. The first-order valence-electron chi connectivity index (χ1n) is 6.46. The van der Waals surface area contributed by atoms with Gasteiger partial charge in [0.05, 0.1) is 12.3 Å². The fraction of sp³-hybridized carbons (Fsp3) is 0.429. The van der Waals surface area contributed by atoms with Crippen LogP contribution in [-0.4, -0.2) is 48.4 Å². The van der Waals surface area contributed by atoms with E-state index in [-0.39, 0.29) is 5.91 Å². The normalized spacial score (nSPS) is 16.3. The van der Waals surface area contributed by atoms with Crippen molar-refractivity contribution < 1.29 is 10.0 Å². The number of likely N-dealkylation sites (N-methyl/N-ethyl adjacent to an activating group) is 1. The van der Waals surface area contributed by atoms with Crippen molar-refractivity contribution >= 4 is 17.3 Å². The molecule has 2 rings (SSSR count). The van der Waals surface area contributed by atoms with Crippen LogP contribution in [0.2, 0.25) is 0 Å². The zero-order chi connectivity index (χ0) is 13.8. The molecule has 1 N–H and O–H groups in total. The van der Waals surface area contributed by atoms with Gasteiger partial charge in [-0.25, -0.2) is 0 Å². The number of benzene rings is 1. The maximum absolute atomic E-state index is 12.0. The Morgan fingerprint density at radius 1 is 1.47 bits per heavy atom. The second-order valence-corrected chi connectivity index (χ2v) is 4.64. The molecule has 0 radical (unpaired) electrons. The summed E-state index contributed by atoms with van der Waals surface area (Å²) in [5.74, 6) is 0.0988. The molecule has 19 heavy (non-hydrogen) atoms. The zero-order valence-electron chi connectivity index (χ0n) is 11.3. The van der Waals surface area contributed by atoms with Gasteiger partial charge in [-0.05, 0) is 13.0 Å². The average molecular weight is 261 g/mol. The van der Waals surface area contributed by atoms with E-state index in [0.717, 1.165) is 11.3 Å². The van der Waals surface area contributed by atoms with Crippen molar-refractivity contribution in [1.82, 2.24) is 4.90 Å². The maximum Gasteiger partial charge on any atom is 0.241 e. The van der Waals surface area contributed by atoms with Gasteiger partial charge in [-0.1, -0.05) is 23.4 Å². The number of para-hydroxylation sites is 1. The van der Waals surface area contributed by atoms with E-state index in [1.165, 1.54) is 0 Å². The van der Waals surface area contributed by atoms with Crippen molar-refractivity contribution in [3.63, 3.8) is 0 Å². The molecule has 1 heterocycles. The van der Waals surface area contributed by atoms with E-state index in [1.807, 2.05) is 36.1 Å². The van der Waals surface area contributed by atoms with Gasteiger partial charge in [0.1, 0.15) is 0 Å². The minimum Gasteiger partial charge on any atom is -0.411 e. The van der Waals surface area contributed by atoms with Crippen LogP contribution < -0.4 is 4.90 Å². The zero-order valence-corrected chi connectivity index (χ0v) is 11.3. The van der Waals surface area contributed by atoms with Crippen LogP contribution in [0.25, 0.3) is 0 Å².